The van der Waals surface area contributed by atoms with Gasteiger partial charge in [-0.05, 0) is 12.3 Å². The van der Waals surface area contributed by atoms with Crippen LogP contribution in [0.1, 0.15) is 5.56 Å². The molecule has 0 aliphatic heterocycles. The molecule has 0 saturated heterocycles. The summed E-state index contributed by atoms with van der Waals surface area (Å²) in [4.78, 5) is 4.13. The van der Waals surface area contributed by atoms with Gasteiger partial charge in [-0.25, -0.2) is 0 Å². The summed E-state index contributed by atoms with van der Waals surface area (Å²) in [6, 6.07) is 3.46. The minimum Gasteiger partial charge on any atom is -0.495 e. The van der Waals surface area contributed by atoms with Crippen molar-refractivity contribution in [2.45, 2.75) is 0 Å². The first kappa shape index (κ1) is 12.7. The van der Waals surface area contributed by atoms with E-state index in [2.05, 4.69) is 4.99 Å². The van der Waals surface area contributed by atoms with Crippen LogP contribution < -0.4 is 4.74 Å². The van der Waals surface area contributed by atoms with Gasteiger partial charge in [-0.1, -0.05) is 23.2 Å². The van der Waals surface area contributed by atoms with Gasteiger partial charge in [0.25, 0.3) is 0 Å². The van der Waals surface area contributed by atoms with Crippen molar-refractivity contribution in [1.29, 1.82) is 0 Å². The average molecular weight is 264 g/mol. The number of benzene rings is 1. The SMILES string of the molecule is CN=C(SC)c1cc(Cl)c(OC)cc1Cl. The molecule has 2 nitrogen and oxygen atoms in total. The molecule has 1 aromatic rings. The minimum absolute atomic E-state index is 0.534. The maximum atomic E-state index is 6.10. The zero-order chi connectivity index (χ0) is 11.4. The first-order valence-corrected chi connectivity index (χ1v) is 6.16. The van der Waals surface area contributed by atoms with E-state index in [0.29, 0.717) is 15.8 Å². The highest BCUT2D eigenvalue weighted by Gasteiger charge is 2.11. The zero-order valence-electron chi connectivity index (χ0n) is 8.67. The Morgan fingerprint density at radius 3 is 2.47 bits per heavy atom. The van der Waals surface area contributed by atoms with Crippen LogP contribution in [0.15, 0.2) is 17.1 Å². The normalized spacial score (nSPS) is 11.7. The quantitative estimate of drug-likeness (QED) is 0.599. The van der Waals surface area contributed by atoms with Crippen molar-refractivity contribution in [3.05, 3.63) is 27.7 Å². The minimum atomic E-state index is 0.534. The smallest absolute Gasteiger partial charge is 0.138 e. The maximum absolute atomic E-state index is 6.10. The summed E-state index contributed by atoms with van der Waals surface area (Å²) in [6.45, 7) is 0. The standard InChI is InChI=1S/C10H11Cl2NOS/c1-13-10(15-3)6-4-8(12)9(14-2)5-7(6)11/h4-5H,1-3H3. The van der Waals surface area contributed by atoms with Gasteiger partial charge >= 0.3 is 0 Å². The Hall–Kier alpha value is -0.380. The second-order valence-electron chi connectivity index (χ2n) is 2.70. The molecular weight excluding hydrogens is 253 g/mol. The fraction of sp³-hybridized carbons (Fsp3) is 0.300. The van der Waals surface area contributed by atoms with Crippen molar-refractivity contribution in [3.8, 4) is 5.75 Å². The molecule has 0 atom stereocenters. The van der Waals surface area contributed by atoms with Crippen molar-refractivity contribution in [3.63, 3.8) is 0 Å². The summed E-state index contributed by atoms with van der Waals surface area (Å²) in [6.07, 6.45) is 1.94. The van der Waals surface area contributed by atoms with Gasteiger partial charge in [-0.3, -0.25) is 4.99 Å². The molecule has 0 amide bonds. The third kappa shape index (κ3) is 2.80. The maximum Gasteiger partial charge on any atom is 0.138 e. The lowest BCUT2D eigenvalue weighted by Crippen LogP contribution is -1.97. The zero-order valence-corrected chi connectivity index (χ0v) is 11.0. The molecule has 0 aromatic heterocycles. The number of nitrogens with zero attached hydrogens (tertiary/aromatic N) is 1. The first-order valence-electron chi connectivity index (χ1n) is 4.18. The monoisotopic (exact) mass is 263 g/mol. The molecule has 0 unspecified atom stereocenters. The summed E-state index contributed by atoms with van der Waals surface area (Å²) >= 11 is 13.6. The lowest BCUT2D eigenvalue weighted by Gasteiger charge is -2.09. The Morgan fingerprint density at radius 1 is 1.33 bits per heavy atom. The van der Waals surface area contributed by atoms with Crippen molar-refractivity contribution in [2.75, 3.05) is 20.4 Å². The summed E-state index contributed by atoms with van der Waals surface area (Å²) in [5.74, 6) is 0.571. The number of halogens is 2. The van der Waals surface area contributed by atoms with Gasteiger partial charge in [0.1, 0.15) is 5.75 Å². The number of hydrogen-bond donors (Lipinski definition) is 0. The molecular formula is C10H11Cl2NOS. The van der Waals surface area contributed by atoms with Gasteiger partial charge in [0, 0.05) is 18.7 Å². The van der Waals surface area contributed by atoms with Gasteiger partial charge in [-0.15, -0.1) is 11.8 Å². The lowest BCUT2D eigenvalue weighted by molar-refractivity contribution is 0.415. The summed E-state index contributed by atoms with van der Waals surface area (Å²) < 4.78 is 5.06. The molecule has 82 valence electrons. The highest BCUT2D eigenvalue weighted by Crippen LogP contribution is 2.32. The number of rotatable bonds is 2. The predicted molar refractivity (Wildman–Crippen MR) is 69.0 cm³/mol. The number of ether oxygens (including phenoxy) is 1. The Kier molecular flexibility index (Phi) is 4.77. The third-order valence-corrected chi connectivity index (χ3v) is 3.27. The van der Waals surface area contributed by atoms with E-state index in [4.69, 9.17) is 27.9 Å². The van der Waals surface area contributed by atoms with Crippen LogP contribution in [0.2, 0.25) is 10.0 Å². The second kappa shape index (κ2) is 5.64. The van der Waals surface area contributed by atoms with Crippen molar-refractivity contribution < 1.29 is 4.74 Å². The fourth-order valence-corrected chi connectivity index (χ4v) is 2.28. The molecule has 1 aromatic carbocycles. The van der Waals surface area contributed by atoms with Crippen LogP contribution in [0.4, 0.5) is 0 Å². The fourth-order valence-electron chi connectivity index (χ4n) is 1.17. The van der Waals surface area contributed by atoms with Gasteiger partial charge in [0.2, 0.25) is 0 Å². The van der Waals surface area contributed by atoms with Crippen LogP contribution in [0.3, 0.4) is 0 Å². The Morgan fingerprint density at radius 2 is 2.00 bits per heavy atom. The van der Waals surface area contributed by atoms with E-state index < -0.39 is 0 Å². The van der Waals surface area contributed by atoms with Crippen LogP contribution in [0, 0.1) is 0 Å². The Labute approximate surface area is 104 Å². The van der Waals surface area contributed by atoms with E-state index in [0.717, 1.165) is 10.6 Å². The molecule has 0 spiro atoms. The molecule has 0 radical (unpaired) electrons. The first-order chi connectivity index (χ1) is 7.13. The van der Waals surface area contributed by atoms with Gasteiger partial charge in [0.15, 0.2) is 0 Å². The molecule has 0 N–H and O–H groups in total. The van der Waals surface area contributed by atoms with E-state index in [-0.39, 0.29) is 0 Å². The molecule has 0 aliphatic rings. The number of thioether (sulfide) groups is 1. The molecule has 0 heterocycles. The summed E-state index contributed by atoms with van der Waals surface area (Å²) in [7, 11) is 3.28. The summed E-state index contributed by atoms with van der Waals surface area (Å²) in [5, 5.41) is 1.97. The van der Waals surface area contributed by atoms with Crippen LogP contribution in [0.25, 0.3) is 0 Å². The van der Waals surface area contributed by atoms with Gasteiger partial charge < -0.3 is 4.74 Å². The van der Waals surface area contributed by atoms with Gasteiger partial charge in [-0.2, -0.15) is 0 Å². The van der Waals surface area contributed by atoms with Crippen molar-refractivity contribution in [1.82, 2.24) is 0 Å². The molecule has 0 aliphatic carbocycles. The molecule has 1 rings (SSSR count). The summed E-state index contributed by atoms with van der Waals surface area (Å²) in [5.41, 5.74) is 0.831. The number of aliphatic imine (C=N–C) groups is 1. The third-order valence-electron chi connectivity index (χ3n) is 1.87. The van der Waals surface area contributed by atoms with Gasteiger partial charge in [0.05, 0.1) is 22.2 Å². The number of methoxy groups -OCH3 is 1. The van der Waals surface area contributed by atoms with E-state index in [1.165, 1.54) is 11.8 Å². The topological polar surface area (TPSA) is 21.6 Å². The largest absolute Gasteiger partial charge is 0.495 e. The molecule has 15 heavy (non-hydrogen) atoms. The van der Waals surface area contributed by atoms with E-state index >= 15 is 0 Å². The van der Waals surface area contributed by atoms with Crippen LogP contribution >= 0.6 is 35.0 Å². The molecule has 0 fully saturated rings. The van der Waals surface area contributed by atoms with Crippen LogP contribution in [-0.2, 0) is 0 Å². The second-order valence-corrected chi connectivity index (χ2v) is 4.31. The van der Waals surface area contributed by atoms with Crippen LogP contribution in [-0.4, -0.2) is 25.5 Å². The van der Waals surface area contributed by atoms with Crippen molar-refractivity contribution >= 4 is 40.0 Å². The highest BCUT2D eigenvalue weighted by molar-refractivity contribution is 8.13. The molecule has 0 saturated carbocycles. The number of hydrogen-bond acceptors (Lipinski definition) is 3. The average Bonchev–Trinajstić information content (AvgIpc) is 2.24. The van der Waals surface area contributed by atoms with E-state index in [9.17, 15) is 0 Å². The van der Waals surface area contributed by atoms with Crippen LogP contribution in [0.5, 0.6) is 5.75 Å². The predicted octanol–water partition coefficient (Wildman–Crippen LogP) is 3.74. The van der Waals surface area contributed by atoms with Crippen molar-refractivity contribution in [2.24, 2.45) is 4.99 Å². The Bertz CT molecular complexity index is 393. The van der Waals surface area contributed by atoms with E-state index in [1.807, 2.05) is 6.26 Å². The molecule has 0 bridgehead atoms. The lowest BCUT2D eigenvalue weighted by atomic mass is 10.2. The van der Waals surface area contributed by atoms with E-state index in [1.54, 1.807) is 26.3 Å². The molecule has 5 heteroatoms. The Balaban J connectivity index is 3.27. The highest BCUT2D eigenvalue weighted by atomic mass is 35.5.